The van der Waals surface area contributed by atoms with E-state index in [1.54, 1.807) is 25.3 Å². The minimum absolute atomic E-state index is 0.0960. The Kier molecular flexibility index (Phi) is 6.65. The van der Waals surface area contributed by atoms with Gasteiger partial charge in [0, 0.05) is 31.8 Å². The molecule has 0 atom stereocenters. The Morgan fingerprint density at radius 1 is 1.25 bits per heavy atom. The lowest BCUT2D eigenvalue weighted by molar-refractivity contribution is 0.0367. The molecule has 2 rings (SSSR count). The molecule has 6 nitrogen and oxygen atoms in total. The third kappa shape index (κ3) is 5.51. The van der Waals surface area contributed by atoms with E-state index < -0.39 is 7.12 Å². The van der Waals surface area contributed by atoms with Gasteiger partial charge in [0.05, 0.1) is 19.3 Å². The van der Waals surface area contributed by atoms with Crippen molar-refractivity contribution in [2.45, 2.75) is 20.8 Å². The van der Waals surface area contributed by atoms with Gasteiger partial charge in [-0.3, -0.25) is 0 Å². The highest BCUT2D eigenvalue weighted by Gasteiger charge is 2.29. The van der Waals surface area contributed by atoms with E-state index >= 15 is 0 Å². The summed E-state index contributed by atoms with van der Waals surface area (Å²) in [5, 5.41) is 3.19. The fourth-order valence-corrected chi connectivity index (χ4v) is 2.24. The molecule has 0 aromatic heterocycles. The molecule has 1 heterocycles. The Morgan fingerprint density at radius 2 is 1.92 bits per heavy atom. The Labute approximate surface area is 143 Å². The number of carbonyl (C=O) groups excluding carboxylic acids is 1. The summed E-state index contributed by atoms with van der Waals surface area (Å²) in [4.78, 5) is 12.5. The monoisotopic (exact) mass is 335 g/mol. The summed E-state index contributed by atoms with van der Waals surface area (Å²) in [6.07, 6.45) is 0. The Bertz CT molecular complexity index is 550. The van der Waals surface area contributed by atoms with Crippen LogP contribution >= 0.6 is 0 Å². The fraction of sp³-hybridized carbons (Fsp3) is 0.588. The molecule has 0 radical (unpaired) electrons. The van der Waals surface area contributed by atoms with E-state index in [9.17, 15) is 4.79 Å². The summed E-state index contributed by atoms with van der Waals surface area (Å²) >= 11 is 0. The molecule has 1 aliphatic heterocycles. The van der Waals surface area contributed by atoms with E-state index in [-0.39, 0.29) is 11.4 Å². The lowest BCUT2D eigenvalue weighted by Gasteiger charge is -2.22. The van der Waals surface area contributed by atoms with Crippen LogP contribution in [0.2, 0.25) is 0 Å². The zero-order valence-electron chi connectivity index (χ0n) is 14.9. The number of hydrogen-bond donors (Lipinski definition) is 1. The van der Waals surface area contributed by atoms with Crippen molar-refractivity contribution < 1.29 is 23.6 Å². The number of carbonyl (C=O) groups is 1. The number of ether oxygens (including phenoxy) is 2. The summed E-state index contributed by atoms with van der Waals surface area (Å²) < 4.78 is 22.2. The molecule has 0 bridgehead atoms. The van der Waals surface area contributed by atoms with E-state index in [1.165, 1.54) is 0 Å². The average Bonchev–Trinajstić information content (AvgIpc) is 2.51. The van der Waals surface area contributed by atoms with E-state index in [0.717, 1.165) is 13.1 Å². The predicted octanol–water partition coefficient (Wildman–Crippen LogP) is 1.23. The minimum atomic E-state index is -0.612. The maximum absolute atomic E-state index is 12.5. The van der Waals surface area contributed by atoms with Crippen LogP contribution in [0.5, 0.6) is 5.75 Å². The summed E-state index contributed by atoms with van der Waals surface area (Å²) in [5.41, 5.74) is 0.982. The van der Waals surface area contributed by atoms with Crippen LogP contribution in [0.4, 0.5) is 0 Å². The summed E-state index contributed by atoms with van der Waals surface area (Å²) in [7, 11) is 0.972. The first-order valence-electron chi connectivity index (χ1n) is 8.20. The average molecular weight is 335 g/mol. The van der Waals surface area contributed by atoms with E-state index in [1.807, 2.05) is 20.8 Å². The van der Waals surface area contributed by atoms with Gasteiger partial charge in [0.1, 0.15) is 5.75 Å². The highest BCUT2D eigenvalue weighted by atomic mass is 16.6. The van der Waals surface area contributed by atoms with Crippen molar-refractivity contribution in [3.05, 3.63) is 23.8 Å². The van der Waals surface area contributed by atoms with Crippen molar-refractivity contribution in [3.63, 3.8) is 0 Å². The Morgan fingerprint density at radius 3 is 2.50 bits per heavy atom. The smallest absolute Gasteiger partial charge is 0.494 e. The van der Waals surface area contributed by atoms with Gasteiger partial charge in [0.15, 0.2) is 0 Å². The quantitative estimate of drug-likeness (QED) is 0.660. The molecule has 1 saturated heterocycles. The van der Waals surface area contributed by atoms with Gasteiger partial charge >= 0.3 is 13.1 Å². The third-order valence-electron chi connectivity index (χ3n) is 3.46. The van der Waals surface area contributed by atoms with Crippen LogP contribution in [0.1, 0.15) is 31.1 Å². The highest BCUT2D eigenvalue weighted by Crippen LogP contribution is 2.16. The second-order valence-electron chi connectivity index (χ2n) is 6.91. The molecule has 1 aliphatic rings. The number of esters is 1. The number of benzene rings is 1. The van der Waals surface area contributed by atoms with Crippen LogP contribution < -0.4 is 15.5 Å². The van der Waals surface area contributed by atoms with Crippen LogP contribution in [0.25, 0.3) is 0 Å². The van der Waals surface area contributed by atoms with Crippen molar-refractivity contribution in [1.82, 2.24) is 5.32 Å². The van der Waals surface area contributed by atoms with Gasteiger partial charge in [0.2, 0.25) is 0 Å². The standard InChI is InChI=1S/C17H26BNO5/c1-17(2,3)12-22-16(20)14-6-5-13(21-4)11-15(14)18-23-9-7-19-8-10-24-18/h5-6,11,19H,7-10,12H2,1-4H3. The molecule has 24 heavy (non-hydrogen) atoms. The van der Waals surface area contributed by atoms with Crippen LogP contribution in [0.15, 0.2) is 18.2 Å². The lowest BCUT2D eigenvalue weighted by Crippen LogP contribution is -2.45. The van der Waals surface area contributed by atoms with Gasteiger partial charge in [-0.2, -0.15) is 0 Å². The predicted molar refractivity (Wildman–Crippen MR) is 92.9 cm³/mol. The van der Waals surface area contributed by atoms with Crippen LogP contribution in [-0.2, 0) is 14.0 Å². The molecule has 0 amide bonds. The molecular formula is C17H26BNO5. The molecule has 1 N–H and O–H groups in total. The highest BCUT2D eigenvalue weighted by molar-refractivity contribution is 6.63. The van der Waals surface area contributed by atoms with Crippen molar-refractivity contribution in [2.24, 2.45) is 5.41 Å². The van der Waals surface area contributed by atoms with Gasteiger partial charge in [-0.1, -0.05) is 20.8 Å². The Hall–Kier alpha value is -1.57. The summed E-state index contributed by atoms with van der Waals surface area (Å²) in [6, 6.07) is 5.21. The van der Waals surface area contributed by atoms with E-state index in [2.05, 4.69) is 5.32 Å². The first kappa shape index (κ1) is 18.8. The third-order valence-corrected chi connectivity index (χ3v) is 3.46. The van der Waals surface area contributed by atoms with Crippen LogP contribution in [-0.4, -0.2) is 53.1 Å². The summed E-state index contributed by atoms with van der Waals surface area (Å²) in [6.45, 7) is 8.88. The molecule has 1 aromatic carbocycles. The van der Waals surface area contributed by atoms with Crippen LogP contribution in [0, 0.1) is 5.41 Å². The molecule has 0 saturated carbocycles. The first-order valence-corrected chi connectivity index (χ1v) is 8.20. The maximum atomic E-state index is 12.5. The van der Waals surface area contributed by atoms with Crippen molar-refractivity contribution in [1.29, 1.82) is 0 Å². The molecule has 0 unspecified atom stereocenters. The normalized spacial score (nSPS) is 16.2. The minimum Gasteiger partial charge on any atom is -0.497 e. The molecule has 0 spiro atoms. The van der Waals surface area contributed by atoms with Crippen molar-refractivity contribution in [2.75, 3.05) is 40.0 Å². The van der Waals surface area contributed by atoms with Gasteiger partial charge in [-0.25, -0.2) is 4.79 Å². The van der Waals surface area contributed by atoms with Gasteiger partial charge in [0.25, 0.3) is 0 Å². The number of nitrogens with one attached hydrogen (secondary N) is 1. The second-order valence-corrected chi connectivity index (χ2v) is 6.91. The molecule has 1 aromatic rings. The van der Waals surface area contributed by atoms with Gasteiger partial charge in [-0.15, -0.1) is 0 Å². The molecular weight excluding hydrogens is 309 g/mol. The number of rotatable bonds is 4. The van der Waals surface area contributed by atoms with Crippen molar-refractivity contribution >= 4 is 18.6 Å². The van der Waals surface area contributed by atoms with Crippen LogP contribution in [0.3, 0.4) is 0 Å². The van der Waals surface area contributed by atoms with Gasteiger partial charge < -0.3 is 24.1 Å². The van der Waals surface area contributed by atoms with E-state index in [4.69, 9.17) is 18.8 Å². The number of hydrogen-bond acceptors (Lipinski definition) is 6. The molecule has 7 heteroatoms. The lowest BCUT2D eigenvalue weighted by atomic mass is 9.75. The molecule has 1 fully saturated rings. The van der Waals surface area contributed by atoms with Gasteiger partial charge in [-0.05, 0) is 23.6 Å². The summed E-state index contributed by atoms with van der Waals surface area (Å²) in [5.74, 6) is 0.264. The zero-order valence-corrected chi connectivity index (χ0v) is 14.9. The van der Waals surface area contributed by atoms with Crippen molar-refractivity contribution in [3.8, 4) is 5.75 Å². The Balaban J connectivity index is 2.24. The first-order chi connectivity index (χ1) is 11.4. The van der Waals surface area contributed by atoms with E-state index in [0.29, 0.717) is 36.6 Å². The molecule has 0 aliphatic carbocycles. The second kappa shape index (κ2) is 8.51. The SMILES string of the molecule is COc1ccc(C(=O)OCC(C)(C)C)c(B2OCCNCCO2)c1. The topological polar surface area (TPSA) is 66.0 Å². The maximum Gasteiger partial charge on any atom is 0.494 e. The molecule has 132 valence electrons. The largest absolute Gasteiger partial charge is 0.497 e. The zero-order chi connectivity index (χ0) is 17.6. The number of methoxy groups -OCH3 is 1. The fourth-order valence-electron chi connectivity index (χ4n) is 2.24.